The van der Waals surface area contributed by atoms with E-state index in [4.69, 9.17) is 4.74 Å². The van der Waals surface area contributed by atoms with Crippen LogP contribution < -0.4 is 5.32 Å². The number of hydrogen-bond acceptors (Lipinski definition) is 2. The topological polar surface area (TPSA) is 21.3 Å². The second-order valence-corrected chi connectivity index (χ2v) is 6.26. The van der Waals surface area contributed by atoms with Gasteiger partial charge in [0.15, 0.2) is 0 Å². The first-order valence-electron chi connectivity index (χ1n) is 8.30. The lowest BCUT2D eigenvalue weighted by molar-refractivity contribution is -0.0362. The smallest absolute Gasteiger partial charge is 0.123 e. The highest BCUT2D eigenvalue weighted by atomic mass is 19.1. The molecule has 2 nitrogen and oxygen atoms in total. The maximum Gasteiger partial charge on any atom is 0.123 e. The van der Waals surface area contributed by atoms with Gasteiger partial charge in [0.2, 0.25) is 0 Å². The van der Waals surface area contributed by atoms with Crippen LogP contribution in [0.5, 0.6) is 0 Å². The molecule has 0 aromatic heterocycles. The summed E-state index contributed by atoms with van der Waals surface area (Å²) in [5, 5.41) is 3.43. The Morgan fingerprint density at radius 2 is 1.86 bits per heavy atom. The Bertz CT molecular complexity index is 398. The van der Waals surface area contributed by atoms with E-state index in [0.717, 1.165) is 43.8 Å². The molecule has 1 aromatic carbocycles. The van der Waals surface area contributed by atoms with Crippen LogP contribution in [0.25, 0.3) is 0 Å². The van der Waals surface area contributed by atoms with Crippen LogP contribution in [0.1, 0.15) is 57.6 Å². The minimum atomic E-state index is -0.189. The summed E-state index contributed by atoms with van der Waals surface area (Å²) in [5.74, 6) is 0.637. The average molecular weight is 293 g/mol. The van der Waals surface area contributed by atoms with Gasteiger partial charge in [-0.25, -0.2) is 4.39 Å². The molecule has 3 heteroatoms. The third kappa shape index (κ3) is 5.40. The molecule has 1 fully saturated rings. The second kappa shape index (κ2) is 8.50. The molecule has 0 saturated heterocycles. The fraction of sp³-hybridized carbons (Fsp3) is 0.667. The van der Waals surface area contributed by atoms with E-state index < -0.39 is 0 Å². The highest BCUT2D eigenvalue weighted by Crippen LogP contribution is 2.29. The summed E-state index contributed by atoms with van der Waals surface area (Å²) in [4.78, 5) is 0. The molecule has 1 saturated carbocycles. The van der Waals surface area contributed by atoms with E-state index >= 15 is 0 Å². The fourth-order valence-corrected chi connectivity index (χ4v) is 2.93. The van der Waals surface area contributed by atoms with Crippen LogP contribution in [0, 0.1) is 11.7 Å². The van der Waals surface area contributed by atoms with E-state index in [1.807, 2.05) is 12.1 Å². The highest BCUT2D eigenvalue weighted by Gasteiger charge is 2.23. The molecule has 0 bridgehead atoms. The second-order valence-electron chi connectivity index (χ2n) is 6.26. The Morgan fingerprint density at radius 1 is 1.19 bits per heavy atom. The van der Waals surface area contributed by atoms with Crippen molar-refractivity contribution in [2.45, 2.75) is 58.2 Å². The van der Waals surface area contributed by atoms with E-state index in [0.29, 0.717) is 6.10 Å². The number of halogens is 1. The molecule has 2 rings (SSSR count). The van der Waals surface area contributed by atoms with Crippen LogP contribution in [0.15, 0.2) is 24.3 Å². The minimum Gasteiger partial charge on any atom is -0.369 e. The van der Waals surface area contributed by atoms with Crippen molar-refractivity contribution in [1.82, 2.24) is 5.32 Å². The molecule has 0 amide bonds. The standard InChI is InChI=1S/C18H28FNO/c1-3-12-20-13-18(15-6-8-16(19)9-7-15)21-17-10-4-14(2)5-11-17/h6-9,14,17-18,20H,3-5,10-13H2,1-2H3. The van der Waals surface area contributed by atoms with Crippen LogP contribution in [0.4, 0.5) is 4.39 Å². The van der Waals surface area contributed by atoms with Gasteiger partial charge in [0.05, 0.1) is 12.2 Å². The fourth-order valence-electron chi connectivity index (χ4n) is 2.93. The van der Waals surface area contributed by atoms with Crippen LogP contribution >= 0.6 is 0 Å². The summed E-state index contributed by atoms with van der Waals surface area (Å²) >= 11 is 0. The summed E-state index contributed by atoms with van der Waals surface area (Å²) < 4.78 is 19.4. The van der Waals surface area contributed by atoms with Gasteiger partial charge in [-0.1, -0.05) is 26.0 Å². The zero-order valence-corrected chi connectivity index (χ0v) is 13.3. The molecule has 1 aliphatic rings. The molecule has 1 N–H and O–H groups in total. The van der Waals surface area contributed by atoms with Crippen molar-refractivity contribution in [1.29, 1.82) is 0 Å². The molecule has 21 heavy (non-hydrogen) atoms. The molecule has 0 aliphatic heterocycles. The van der Waals surface area contributed by atoms with Crippen LogP contribution in [0.3, 0.4) is 0 Å². The Morgan fingerprint density at radius 3 is 2.48 bits per heavy atom. The van der Waals surface area contributed by atoms with Crippen molar-refractivity contribution >= 4 is 0 Å². The molecule has 1 aromatic rings. The maximum atomic E-state index is 13.1. The van der Waals surface area contributed by atoms with Crippen molar-refractivity contribution in [2.24, 2.45) is 5.92 Å². The van der Waals surface area contributed by atoms with Crippen molar-refractivity contribution < 1.29 is 9.13 Å². The number of hydrogen-bond donors (Lipinski definition) is 1. The maximum absolute atomic E-state index is 13.1. The first kappa shape index (κ1) is 16.4. The van der Waals surface area contributed by atoms with Gasteiger partial charge in [0.1, 0.15) is 5.82 Å². The zero-order valence-electron chi connectivity index (χ0n) is 13.3. The molecular weight excluding hydrogens is 265 g/mol. The van der Waals surface area contributed by atoms with Crippen LogP contribution in [-0.2, 0) is 4.74 Å². The summed E-state index contributed by atoms with van der Waals surface area (Å²) in [7, 11) is 0. The molecule has 118 valence electrons. The minimum absolute atomic E-state index is 0.0237. The Labute approximate surface area is 128 Å². The van der Waals surface area contributed by atoms with Gasteiger partial charge in [0.25, 0.3) is 0 Å². The van der Waals surface area contributed by atoms with Gasteiger partial charge in [-0.2, -0.15) is 0 Å². The molecule has 0 radical (unpaired) electrons. The van der Waals surface area contributed by atoms with Crippen LogP contribution in [-0.4, -0.2) is 19.2 Å². The first-order chi connectivity index (χ1) is 10.2. The number of benzene rings is 1. The third-order valence-corrected chi connectivity index (χ3v) is 4.32. The Kier molecular flexibility index (Phi) is 6.65. The van der Waals surface area contributed by atoms with Gasteiger partial charge in [-0.3, -0.25) is 0 Å². The predicted molar refractivity (Wildman–Crippen MR) is 84.8 cm³/mol. The number of nitrogens with one attached hydrogen (secondary N) is 1. The van der Waals surface area contributed by atoms with E-state index in [9.17, 15) is 4.39 Å². The highest BCUT2D eigenvalue weighted by molar-refractivity contribution is 5.19. The first-order valence-corrected chi connectivity index (χ1v) is 8.30. The lowest BCUT2D eigenvalue weighted by Crippen LogP contribution is -2.29. The van der Waals surface area contributed by atoms with E-state index in [2.05, 4.69) is 19.2 Å². The zero-order chi connectivity index (χ0) is 15.1. The quantitative estimate of drug-likeness (QED) is 0.749. The number of rotatable bonds is 7. The van der Waals surface area contributed by atoms with Gasteiger partial charge in [-0.15, -0.1) is 0 Å². The molecule has 0 heterocycles. The predicted octanol–water partition coefficient (Wildman–Crippen LogP) is 4.46. The van der Waals surface area contributed by atoms with Gasteiger partial charge >= 0.3 is 0 Å². The van der Waals surface area contributed by atoms with Crippen molar-refractivity contribution in [2.75, 3.05) is 13.1 Å². The third-order valence-electron chi connectivity index (χ3n) is 4.32. The summed E-state index contributed by atoms with van der Waals surface area (Å²) in [6, 6.07) is 6.74. The Balaban J connectivity index is 1.96. The van der Waals surface area contributed by atoms with E-state index in [-0.39, 0.29) is 11.9 Å². The lowest BCUT2D eigenvalue weighted by Gasteiger charge is -2.30. The average Bonchev–Trinajstić information content (AvgIpc) is 2.49. The van der Waals surface area contributed by atoms with Crippen LogP contribution in [0.2, 0.25) is 0 Å². The molecule has 0 spiro atoms. The summed E-state index contributed by atoms with van der Waals surface area (Å²) in [6.45, 7) is 6.26. The summed E-state index contributed by atoms with van der Waals surface area (Å²) in [5.41, 5.74) is 1.07. The van der Waals surface area contributed by atoms with Gasteiger partial charge in [-0.05, 0) is 62.3 Å². The summed E-state index contributed by atoms with van der Waals surface area (Å²) in [6.07, 6.45) is 6.28. The molecule has 1 atom stereocenters. The van der Waals surface area contributed by atoms with Crippen molar-refractivity contribution in [3.05, 3.63) is 35.6 Å². The molecule has 1 aliphatic carbocycles. The van der Waals surface area contributed by atoms with Crippen molar-refractivity contribution in [3.63, 3.8) is 0 Å². The lowest BCUT2D eigenvalue weighted by atomic mass is 9.89. The normalized spacial score (nSPS) is 24.0. The van der Waals surface area contributed by atoms with Gasteiger partial charge < -0.3 is 10.1 Å². The Hall–Kier alpha value is -0.930. The molecule has 1 unspecified atom stereocenters. The number of ether oxygens (including phenoxy) is 1. The van der Waals surface area contributed by atoms with E-state index in [1.54, 1.807) is 0 Å². The largest absolute Gasteiger partial charge is 0.369 e. The van der Waals surface area contributed by atoms with E-state index in [1.165, 1.54) is 25.0 Å². The molecular formula is C18H28FNO. The SMILES string of the molecule is CCCNCC(OC1CCC(C)CC1)c1ccc(F)cc1. The van der Waals surface area contributed by atoms with Gasteiger partial charge in [0, 0.05) is 6.54 Å². The monoisotopic (exact) mass is 293 g/mol. The van der Waals surface area contributed by atoms with Crippen molar-refractivity contribution in [3.8, 4) is 0 Å².